The lowest BCUT2D eigenvalue weighted by molar-refractivity contribution is -0.125. The Bertz CT molecular complexity index is 553. The third-order valence-electron chi connectivity index (χ3n) is 2.91. The number of ether oxygens (including phenoxy) is 1. The number of nitrogens with zero attached hydrogens (tertiary/aromatic N) is 2. The molecule has 1 unspecified atom stereocenters. The summed E-state index contributed by atoms with van der Waals surface area (Å²) in [6.45, 7) is 5.74. The van der Waals surface area contributed by atoms with Gasteiger partial charge in [-0.15, -0.1) is 0 Å². The maximum atomic E-state index is 12.1. The Morgan fingerprint density at radius 2 is 2.14 bits per heavy atom. The Hall–Kier alpha value is -2.15. The van der Waals surface area contributed by atoms with Crippen LogP contribution in [0.2, 0.25) is 0 Å². The van der Waals surface area contributed by atoms with Crippen molar-refractivity contribution in [3.8, 4) is 0 Å². The Morgan fingerprint density at radius 3 is 2.76 bits per heavy atom. The monoisotopic (exact) mass is 293 g/mol. The molecule has 21 heavy (non-hydrogen) atoms. The molecule has 0 radical (unpaired) electrons. The van der Waals surface area contributed by atoms with Gasteiger partial charge >= 0.3 is 6.09 Å². The highest BCUT2D eigenvalue weighted by Crippen LogP contribution is 2.31. The largest absolute Gasteiger partial charge is 0.442 e. The van der Waals surface area contributed by atoms with Crippen LogP contribution in [0.15, 0.2) is 18.5 Å². The van der Waals surface area contributed by atoms with E-state index in [1.54, 1.807) is 33.0 Å². The van der Waals surface area contributed by atoms with Crippen LogP contribution in [0.3, 0.4) is 0 Å². The number of carbonyl (C=O) groups excluding carboxylic acids is 2. The molecule has 1 saturated heterocycles. The highest BCUT2D eigenvalue weighted by molar-refractivity contribution is 5.92. The fourth-order valence-corrected chi connectivity index (χ4v) is 2.03. The van der Waals surface area contributed by atoms with Crippen LogP contribution in [0.25, 0.3) is 0 Å². The van der Waals surface area contributed by atoms with Crippen molar-refractivity contribution in [2.75, 3.05) is 6.61 Å². The van der Waals surface area contributed by atoms with Gasteiger partial charge in [0.05, 0.1) is 18.2 Å². The molecular formula is C14H19N3O4. The second-order valence-corrected chi connectivity index (χ2v) is 5.82. The summed E-state index contributed by atoms with van der Waals surface area (Å²) in [7, 11) is 0. The fourth-order valence-electron chi connectivity index (χ4n) is 2.03. The van der Waals surface area contributed by atoms with E-state index < -0.39 is 17.6 Å². The molecule has 1 aromatic heterocycles. The van der Waals surface area contributed by atoms with Crippen LogP contribution in [-0.2, 0) is 9.57 Å². The first-order valence-corrected chi connectivity index (χ1v) is 6.68. The molecule has 7 nitrogen and oxygen atoms in total. The number of aromatic nitrogens is 1. The van der Waals surface area contributed by atoms with Crippen molar-refractivity contribution in [2.24, 2.45) is 5.73 Å². The van der Waals surface area contributed by atoms with E-state index >= 15 is 0 Å². The molecule has 2 amide bonds. The van der Waals surface area contributed by atoms with Crippen LogP contribution in [0.4, 0.5) is 4.79 Å². The van der Waals surface area contributed by atoms with Gasteiger partial charge in [0.15, 0.2) is 0 Å². The number of pyridine rings is 1. The SMILES string of the molecule is CC(C)(C)OC(=O)N1OCCC1c1cncc(C(N)=O)c1. The van der Waals surface area contributed by atoms with Gasteiger partial charge in [-0.1, -0.05) is 0 Å². The van der Waals surface area contributed by atoms with Crippen LogP contribution in [0.1, 0.15) is 49.2 Å². The van der Waals surface area contributed by atoms with E-state index in [1.165, 1.54) is 11.3 Å². The molecule has 0 bridgehead atoms. The highest BCUT2D eigenvalue weighted by Gasteiger charge is 2.35. The molecule has 1 aromatic rings. The Balaban J connectivity index is 2.20. The third-order valence-corrected chi connectivity index (χ3v) is 2.91. The molecule has 0 aromatic carbocycles. The predicted molar refractivity (Wildman–Crippen MR) is 74.1 cm³/mol. The van der Waals surface area contributed by atoms with Crippen LogP contribution in [0, 0.1) is 0 Å². The van der Waals surface area contributed by atoms with Crippen LogP contribution in [-0.4, -0.2) is 34.3 Å². The molecule has 7 heteroatoms. The van der Waals surface area contributed by atoms with Gasteiger partial charge in [-0.2, -0.15) is 5.06 Å². The first-order chi connectivity index (χ1) is 9.78. The van der Waals surface area contributed by atoms with E-state index in [9.17, 15) is 9.59 Å². The molecule has 2 rings (SSSR count). The van der Waals surface area contributed by atoms with Gasteiger partial charge in [-0.05, 0) is 32.4 Å². The summed E-state index contributed by atoms with van der Waals surface area (Å²) in [4.78, 5) is 32.7. The second-order valence-electron chi connectivity index (χ2n) is 5.82. The maximum absolute atomic E-state index is 12.1. The van der Waals surface area contributed by atoms with Gasteiger partial charge in [0.25, 0.3) is 0 Å². The quantitative estimate of drug-likeness (QED) is 0.897. The minimum Gasteiger partial charge on any atom is -0.442 e. The molecule has 1 aliphatic heterocycles. The molecule has 1 atom stereocenters. The van der Waals surface area contributed by atoms with Crippen molar-refractivity contribution in [3.05, 3.63) is 29.6 Å². The average molecular weight is 293 g/mol. The summed E-state index contributed by atoms with van der Waals surface area (Å²) in [6.07, 6.45) is 3.01. The van der Waals surface area contributed by atoms with E-state index in [-0.39, 0.29) is 6.04 Å². The zero-order valence-corrected chi connectivity index (χ0v) is 12.3. The minimum atomic E-state index is -0.610. The fraction of sp³-hybridized carbons (Fsp3) is 0.500. The van der Waals surface area contributed by atoms with Crippen LogP contribution in [0.5, 0.6) is 0 Å². The smallest absolute Gasteiger partial charge is 0.435 e. The molecule has 0 saturated carbocycles. The number of hydrogen-bond acceptors (Lipinski definition) is 5. The molecule has 114 valence electrons. The van der Waals surface area contributed by atoms with Crippen molar-refractivity contribution >= 4 is 12.0 Å². The minimum absolute atomic E-state index is 0.295. The predicted octanol–water partition coefficient (Wildman–Crippen LogP) is 1.79. The van der Waals surface area contributed by atoms with E-state index in [1.807, 2.05) is 0 Å². The average Bonchev–Trinajstić information content (AvgIpc) is 2.86. The van der Waals surface area contributed by atoms with E-state index in [0.717, 1.165) is 0 Å². The van der Waals surface area contributed by atoms with Gasteiger partial charge in [-0.25, -0.2) is 4.79 Å². The van der Waals surface area contributed by atoms with Crippen molar-refractivity contribution in [1.29, 1.82) is 0 Å². The Labute approximate surface area is 123 Å². The van der Waals surface area contributed by atoms with Gasteiger partial charge in [0, 0.05) is 18.8 Å². The van der Waals surface area contributed by atoms with Crippen molar-refractivity contribution in [1.82, 2.24) is 10.0 Å². The van der Waals surface area contributed by atoms with Gasteiger partial charge in [0.2, 0.25) is 5.91 Å². The van der Waals surface area contributed by atoms with Crippen molar-refractivity contribution in [2.45, 2.75) is 38.8 Å². The summed E-state index contributed by atoms with van der Waals surface area (Å²) < 4.78 is 5.30. The van der Waals surface area contributed by atoms with Gasteiger partial charge in [-0.3, -0.25) is 14.6 Å². The molecule has 1 fully saturated rings. The first-order valence-electron chi connectivity index (χ1n) is 6.68. The molecular weight excluding hydrogens is 274 g/mol. The van der Waals surface area contributed by atoms with E-state index in [4.69, 9.17) is 15.3 Å². The first kappa shape index (κ1) is 15.2. The number of carbonyl (C=O) groups is 2. The highest BCUT2D eigenvalue weighted by atomic mass is 16.7. The Morgan fingerprint density at radius 1 is 1.43 bits per heavy atom. The molecule has 1 aliphatic rings. The number of hydrogen-bond donors (Lipinski definition) is 1. The normalized spacial score (nSPS) is 18.6. The van der Waals surface area contributed by atoms with Gasteiger partial charge < -0.3 is 10.5 Å². The Kier molecular flexibility index (Phi) is 4.13. The summed E-state index contributed by atoms with van der Waals surface area (Å²) in [6, 6.07) is 1.28. The summed E-state index contributed by atoms with van der Waals surface area (Å²) in [5, 5.41) is 1.19. The topological polar surface area (TPSA) is 94.8 Å². The van der Waals surface area contributed by atoms with Crippen molar-refractivity contribution in [3.63, 3.8) is 0 Å². The lowest BCUT2D eigenvalue weighted by Crippen LogP contribution is -2.35. The molecule has 2 N–H and O–H groups in total. The van der Waals surface area contributed by atoms with E-state index in [0.29, 0.717) is 24.2 Å². The lowest BCUT2D eigenvalue weighted by atomic mass is 10.0. The van der Waals surface area contributed by atoms with Crippen LogP contribution >= 0.6 is 0 Å². The standard InChI is InChI=1S/C14H19N3O4/c1-14(2,3)21-13(19)17-11(4-5-20-17)9-6-10(12(15)18)8-16-7-9/h6-8,11H,4-5H2,1-3H3,(H2,15,18). The zero-order chi connectivity index (χ0) is 15.6. The number of primary amides is 1. The lowest BCUT2D eigenvalue weighted by Gasteiger charge is -2.27. The third kappa shape index (κ3) is 3.69. The van der Waals surface area contributed by atoms with Crippen molar-refractivity contribution < 1.29 is 19.2 Å². The summed E-state index contributed by atoms with van der Waals surface area (Å²) in [5.74, 6) is -0.563. The maximum Gasteiger partial charge on any atom is 0.435 e. The van der Waals surface area contributed by atoms with Gasteiger partial charge in [0.1, 0.15) is 5.60 Å². The number of nitrogens with two attached hydrogens (primary N) is 1. The number of amides is 2. The number of rotatable bonds is 2. The molecule has 2 heterocycles. The summed E-state index contributed by atoms with van der Waals surface area (Å²) in [5.41, 5.74) is 5.62. The number of hydroxylamine groups is 2. The van der Waals surface area contributed by atoms with E-state index in [2.05, 4.69) is 4.98 Å². The summed E-state index contributed by atoms with van der Waals surface area (Å²) >= 11 is 0. The molecule has 0 spiro atoms. The zero-order valence-electron chi connectivity index (χ0n) is 12.3. The van der Waals surface area contributed by atoms with Crippen LogP contribution < -0.4 is 5.73 Å². The second kappa shape index (κ2) is 5.69. The molecule has 0 aliphatic carbocycles.